The van der Waals surface area contributed by atoms with Crippen LogP contribution < -0.4 is 4.74 Å². The predicted molar refractivity (Wildman–Crippen MR) is 66.3 cm³/mol. The molecule has 0 spiro atoms. The molecule has 9 nitrogen and oxygen atoms in total. The van der Waals surface area contributed by atoms with Gasteiger partial charge in [0.15, 0.2) is 11.5 Å². The summed E-state index contributed by atoms with van der Waals surface area (Å²) in [5.74, 6) is -1.95. The molecule has 0 saturated heterocycles. The van der Waals surface area contributed by atoms with E-state index >= 15 is 0 Å². The van der Waals surface area contributed by atoms with Gasteiger partial charge in [-0.25, -0.2) is 4.79 Å². The molecule has 0 aliphatic heterocycles. The number of hydrogen-bond donors (Lipinski definition) is 1. The first kappa shape index (κ1) is 15.2. The Balaban J connectivity index is 3.17. The third kappa shape index (κ3) is 3.57. The number of rotatable bonds is 6. The first-order valence-corrected chi connectivity index (χ1v) is 5.33. The number of nitro groups is 1. The lowest BCUT2D eigenvalue weighted by molar-refractivity contribution is -0.384. The molecule has 1 aromatic carbocycles. The van der Waals surface area contributed by atoms with Crippen molar-refractivity contribution in [3.05, 3.63) is 28.3 Å². The minimum absolute atomic E-state index is 0.164. The molecule has 0 heterocycles. The molecule has 9 heteroatoms. The number of ketones is 1. The quantitative estimate of drug-likeness (QED) is 0.365. The van der Waals surface area contributed by atoms with Crippen LogP contribution in [0.4, 0.5) is 11.4 Å². The second kappa shape index (κ2) is 6.36. The van der Waals surface area contributed by atoms with E-state index in [4.69, 9.17) is 9.84 Å². The molecule has 0 amide bonds. The highest BCUT2D eigenvalue weighted by molar-refractivity contribution is 6.01. The fourth-order valence-electron chi connectivity index (χ4n) is 1.29. The molecule has 1 aromatic rings. The summed E-state index contributed by atoms with van der Waals surface area (Å²) in [7, 11) is 1.34. The first-order chi connectivity index (χ1) is 9.36. The van der Waals surface area contributed by atoms with Crippen molar-refractivity contribution >= 4 is 23.1 Å². The molecule has 1 N–H and O–H groups in total. The SMILES string of the molecule is COc1ccc(/N=N/C(C(C)=O)C(=O)O)c([N+](=O)[O-])c1. The zero-order valence-electron chi connectivity index (χ0n) is 10.6. The number of nitrogens with zero attached hydrogens (tertiary/aromatic N) is 3. The summed E-state index contributed by atoms with van der Waals surface area (Å²) in [6.45, 7) is 1.04. The van der Waals surface area contributed by atoms with Crippen LogP contribution in [-0.4, -0.2) is 34.9 Å². The fourth-order valence-corrected chi connectivity index (χ4v) is 1.29. The van der Waals surface area contributed by atoms with Crippen LogP contribution in [0.1, 0.15) is 6.92 Å². The van der Waals surface area contributed by atoms with E-state index in [0.29, 0.717) is 0 Å². The van der Waals surface area contributed by atoms with E-state index < -0.39 is 28.4 Å². The molecule has 0 saturated carbocycles. The molecule has 106 valence electrons. The first-order valence-electron chi connectivity index (χ1n) is 5.33. The number of Topliss-reactive ketones (excluding diaryl/α,β-unsaturated/α-hetero) is 1. The lowest BCUT2D eigenvalue weighted by atomic mass is 10.2. The second-order valence-electron chi connectivity index (χ2n) is 3.68. The Morgan fingerprint density at radius 2 is 2.10 bits per heavy atom. The van der Waals surface area contributed by atoms with Gasteiger partial charge in [0.25, 0.3) is 5.69 Å². The predicted octanol–water partition coefficient (Wildman–Crippen LogP) is 1.73. The van der Waals surface area contributed by atoms with E-state index in [9.17, 15) is 19.7 Å². The molecule has 0 fully saturated rings. The van der Waals surface area contributed by atoms with Gasteiger partial charge in [-0.2, -0.15) is 5.11 Å². The highest BCUT2D eigenvalue weighted by Crippen LogP contribution is 2.31. The molecule has 0 radical (unpaired) electrons. The Kier molecular flexibility index (Phi) is 4.84. The number of carboxylic acids is 1. The maximum Gasteiger partial charge on any atom is 0.338 e. The smallest absolute Gasteiger partial charge is 0.338 e. The Bertz CT molecular complexity index is 570. The van der Waals surface area contributed by atoms with Crippen LogP contribution in [0.15, 0.2) is 28.4 Å². The summed E-state index contributed by atoms with van der Waals surface area (Å²) in [6, 6.07) is 2.10. The largest absolute Gasteiger partial charge is 0.496 e. The molecule has 0 bridgehead atoms. The van der Waals surface area contributed by atoms with E-state index in [1.54, 1.807) is 0 Å². The molecule has 0 aromatic heterocycles. The molecule has 0 aliphatic rings. The van der Waals surface area contributed by atoms with Crippen LogP contribution in [0.5, 0.6) is 5.75 Å². The minimum Gasteiger partial charge on any atom is -0.496 e. The Labute approximate surface area is 113 Å². The van der Waals surface area contributed by atoms with E-state index in [1.807, 2.05) is 0 Å². The Morgan fingerprint density at radius 1 is 1.45 bits per heavy atom. The summed E-state index contributed by atoms with van der Waals surface area (Å²) >= 11 is 0. The number of hydrogen-bond acceptors (Lipinski definition) is 7. The van der Waals surface area contributed by atoms with Crippen LogP contribution in [0, 0.1) is 10.1 Å². The third-order valence-electron chi connectivity index (χ3n) is 2.28. The summed E-state index contributed by atoms with van der Waals surface area (Å²) in [6.07, 6.45) is 0. The standard InChI is InChI=1S/C11H11N3O6/c1-6(15)10(11(16)17)13-12-8-4-3-7(20-2)5-9(8)14(18)19/h3-5,10H,1-2H3,(H,16,17)/b13-12+. The van der Waals surface area contributed by atoms with Gasteiger partial charge in [0.1, 0.15) is 5.75 Å². The molecular weight excluding hydrogens is 270 g/mol. The zero-order chi connectivity index (χ0) is 15.3. The van der Waals surface area contributed by atoms with E-state index in [1.165, 1.54) is 19.2 Å². The maximum atomic E-state index is 11.0. The van der Waals surface area contributed by atoms with Gasteiger partial charge in [-0.05, 0) is 19.1 Å². The summed E-state index contributed by atoms with van der Waals surface area (Å²) < 4.78 is 4.84. The summed E-state index contributed by atoms with van der Waals surface area (Å²) in [5.41, 5.74) is -0.566. The molecule has 1 unspecified atom stereocenters. The zero-order valence-corrected chi connectivity index (χ0v) is 10.6. The summed E-state index contributed by atoms with van der Waals surface area (Å²) in [5, 5.41) is 26.4. The van der Waals surface area contributed by atoms with Crippen LogP contribution in [0.25, 0.3) is 0 Å². The van der Waals surface area contributed by atoms with Crippen molar-refractivity contribution < 1.29 is 24.4 Å². The molecule has 1 rings (SSSR count). The Morgan fingerprint density at radius 3 is 2.55 bits per heavy atom. The second-order valence-corrected chi connectivity index (χ2v) is 3.68. The number of carbonyl (C=O) groups excluding carboxylic acids is 1. The van der Waals surface area contributed by atoms with Gasteiger partial charge >= 0.3 is 5.97 Å². The van der Waals surface area contributed by atoms with E-state index in [2.05, 4.69) is 10.2 Å². The van der Waals surface area contributed by atoms with Gasteiger partial charge in [-0.1, -0.05) is 0 Å². The monoisotopic (exact) mass is 281 g/mol. The van der Waals surface area contributed by atoms with Crippen molar-refractivity contribution in [2.24, 2.45) is 10.2 Å². The van der Waals surface area contributed by atoms with Crippen molar-refractivity contribution in [2.45, 2.75) is 13.0 Å². The number of carbonyl (C=O) groups is 2. The van der Waals surface area contributed by atoms with Crippen molar-refractivity contribution in [1.29, 1.82) is 0 Å². The number of ether oxygens (including phenoxy) is 1. The van der Waals surface area contributed by atoms with Crippen molar-refractivity contribution in [2.75, 3.05) is 7.11 Å². The number of nitro benzene ring substituents is 1. The van der Waals surface area contributed by atoms with Gasteiger partial charge in [-0.15, -0.1) is 5.11 Å². The van der Waals surface area contributed by atoms with Gasteiger partial charge in [0.2, 0.25) is 6.04 Å². The number of carboxylic acid groups (broad SMARTS) is 1. The van der Waals surface area contributed by atoms with Gasteiger partial charge in [0, 0.05) is 0 Å². The van der Waals surface area contributed by atoms with Crippen molar-refractivity contribution in [3.8, 4) is 5.75 Å². The molecule has 0 aliphatic carbocycles. The maximum absolute atomic E-state index is 11.0. The number of azo groups is 1. The van der Waals surface area contributed by atoms with Crippen LogP contribution >= 0.6 is 0 Å². The van der Waals surface area contributed by atoms with E-state index in [-0.39, 0.29) is 11.4 Å². The van der Waals surface area contributed by atoms with E-state index in [0.717, 1.165) is 13.0 Å². The average Bonchev–Trinajstić information content (AvgIpc) is 2.38. The third-order valence-corrected chi connectivity index (χ3v) is 2.28. The van der Waals surface area contributed by atoms with Crippen LogP contribution in [0.2, 0.25) is 0 Å². The average molecular weight is 281 g/mol. The molecule has 20 heavy (non-hydrogen) atoms. The van der Waals surface area contributed by atoms with Gasteiger partial charge in [-0.3, -0.25) is 14.9 Å². The Hall–Kier alpha value is -2.84. The lowest BCUT2D eigenvalue weighted by Gasteiger charge is -2.02. The number of benzene rings is 1. The number of methoxy groups -OCH3 is 1. The van der Waals surface area contributed by atoms with Crippen LogP contribution in [-0.2, 0) is 9.59 Å². The normalized spacial score (nSPS) is 12.1. The highest BCUT2D eigenvalue weighted by Gasteiger charge is 2.23. The summed E-state index contributed by atoms with van der Waals surface area (Å²) in [4.78, 5) is 31.9. The van der Waals surface area contributed by atoms with Crippen LogP contribution in [0.3, 0.4) is 0 Å². The highest BCUT2D eigenvalue weighted by atomic mass is 16.6. The molecule has 1 atom stereocenters. The van der Waals surface area contributed by atoms with Crippen molar-refractivity contribution in [1.82, 2.24) is 0 Å². The fraction of sp³-hybridized carbons (Fsp3) is 0.273. The minimum atomic E-state index is -1.68. The van der Waals surface area contributed by atoms with Crippen molar-refractivity contribution in [3.63, 3.8) is 0 Å². The molecular formula is C11H11N3O6. The lowest BCUT2D eigenvalue weighted by Crippen LogP contribution is -2.25. The van der Waals surface area contributed by atoms with Gasteiger partial charge < -0.3 is 9.84 Å². The number of aliphatic carboxylic acids is 1. The topological polar surface area (TPSA) is 131 Å². The van der Waals surface area contributed by atoms with Gasteiger partial charge in [0.05, 0.1) is 18.1 Å².